The van der Waals surface area contributed by atoms with Crippen molar-refractivity contribution < 1.29 is 13.6 Å². The Hall–Kier alpha value is -4.12. The molecule has 0 unspecified atom stereocenters. The van der Waals surface area contributed by atoms with Crippen LogP contribution in [0.3, 0.4) is 0 Å². The van der Waals surface area contributed by atoms with Crippen molar-refractivity contribution in [3.8, 4) is 5.69 Å². The molecule has 1 aliphatic carbocycles. The van der Waals surface area contributed by atoms with Crippen LogP contribution in [0.2, 0.25) is 5.02 Å². The van der Waals surface area contributed by atoms with Gasteiger partial charge in [-0.05, 0) is 74.9 Å². The van der Waals surface area contributed by atoms with Crippen molar-refractivity contribution in [2.75, 3.05) is 0 Å². The Morgan fingerprint density at radius 3 is 2.75 bits per heavy atom. The Balaban J connectivity index is 1.20. The molecule has 5 aromatic rings. The van der Waals surface area contributed by atoms with E-state index in [1.165, 1.54) is 6.07 Å². The van der Waals surface area contributed by atoms with Gasteiger partial charge in [-0.1, -0.05) is 11.6 Å². The summed E-state index contributed by atoms with van der Waals surface area (Å²) in [5, 5.41) is 11.2. The molecule has 6 rings (SSSR count). The summed E-state index contributed by atoms with van der Waals surface area (Å²) >= 11 is 5.90. The first-order chi connectivity index (χ1) is 19.3. The second-order valence-corrected chi connectivity index (χ2v) is 10.6. The number of fused-ring (bicyclic) bond motifs is 2. The molecular formula is C28H26ClF2N7O2. The Labute approximate surface area is 232 Å². The van der Waals surface area contributed by atoms with Crippen molar-refractivity contribution in [1.29, 1.82) is 0 Å². The van der Waals surface area contributed by atoms with Crippen LogP contribution in [0.25, 0.3) is 27.8 Å². The van der Waals surface area contributed by atoms with Gasteiger partial charge in [0, 0.05) is 30.4 Å². The quantitative estimate of drug-likeness (QED) is 0.288. The van der Waals surface area contributed by atoms with E-state index in [4.69, 9.17) is 11.6 Å². The van der Waals surface area contributed by atoms with Gasteiger partial charge in [-0.15, -0.1) is 0 Å². The van der Waals surface area contributed by atoms with Crippen molar-refractivity contribution in [2.45, 2.75) is 51.6 Å². The molecule has 40 heavy (non-hydrogen) atoms. The maximum Gasteiger partial charge on any atom is 0.334 e. The maximum atomic E-state index is 13.7. The van der Waals surface area contributed by atoms with Crippen molar-refractivity contribution in [3.63, 3.8) is 0 Å². The number of aromatic amines is 1. The van der Waals surface area contributed by atoms with Gasteiger partial charge in [0.1, 0.15) is 5.69 Å². The lowest BCUT2D eigenvalue weighted by atomic mass is 9.85. The number of amides is 1. The number of benzene rings is 1. The number of H-pyrrole nitrogens is 1. The zero-order valence-electron chi connectivity index (χ0n) is 21.6. The van der Waals surface area contributed by atoms with Crippen molar-refractivity contribution >= 4 is 39.6 Å². The minimum absolute atomic E-state index is 0.122. The summed E-state index contributed by atoms with van der Waals surface area (Å²) < 4.78 is 30.1. The highest BCUT2D eigenvalue weighted by Crippen LogP contribution is 2.29. The SMILES string of the molecule is Cc1n[nH]c2ccc(-n3c(=O)n(C[C@H]4CC[C@H](NC(=O)c5cc(Cl)cnc5C(F)F)CC4)c4cccnc43)cc12. The van der Waals surface area contributed by atoms with Gasteiger partial charge in [-0.2, -0.15) is 5.10 Å². The number of hydrogen-bond acceptors (Lipinski definition) is 5. The average Bonchev–Trinajstić information content (AvgIpc) is 3.45. The second kappa shape index (κ2) is 10.5. The van der Waals surface area contributed by atoms with Gasteiger partial charge >= 0.3 is 5.69 Å². The Bertz CT molecular complexity index is 1790. The molecule has 0 radical (unpaired) electrons. The third kappa shape index (κ3) is 4.74. The number of carbonyl (C=O) groups excluding carboxylic acids is 1. The van der Waals surface area contributed by atoms with E-state index < -0.39 is 18.0 Å². The lowest BCUT2D eigenvalue weighted by molar-refractivity contribution is 0.0904. The van der Waals surface area contributed by atoms with Crippen LogP contribution in [0.15, 0.2) is 53.6 Å². The molecule has 0 spiro atoms. The highest BCUT2D eigenvalue weighted by molar-refractivity contribution is 6.30. The van der Waals surface area contributed by atoms with Crippen molar-refractivity contribution in [2.24, 2.45) is 5.92 Å². The lowest BCUT2D eigenvalue weighted by Gasteiger charge is -2.29. The van der Waals surface area contributed by atoms with Gasteiger partial charge in [0.2, 0.25) is 0 Å². The molecule has 1 saturated carbocycles. The smallest absolute Gasteiger partial charge is 0.334 e. The number of pyridine rings is 2. The fraction of sp³-hybridized carbons (Fsp3) is 0.321. The molecule has 1 aliphatic rings. The molecule has 0 bridgehead atoms. The van der Waals surface area contributed by atoms with E-state index in [0.29, 0.717) is 25.0 Å². The van der Waals surface area contributed by atoms with Crippen LogP contribution < -0.4 is 11.0 Å². The molecule has 206 valence electrons. The molecule has 0 atom stereocenters. The molecule has 4 heterocycles. The second-order valence-electron chi connectivity index (χ2n) is 10.2. The summed E-state index contributed by atoms with van der Waals surface area (Å²) in [4.78, 5) is 34.7. The summed E-state index contributed by atoms with van der Waals surface area (Å²) in [7, 11) is 0. The number of nitrogens with one attached hydrogen (secondary N) is 2. The van der Waals surface area contributed by atoms with Gasteiger partial charge in [0.05, 0.1) is 33.0 Å². The molecule has 0 aliphatic heterocycles. The Morgan fingerprint density at radius 1 is 1.18 bits per heavy atom. The Morgan fingerprint density at radius 2 is 1.98 bits per heavy atom. The predicted octanol–water partition coefficient (Wildman–Crippen LogP) is 5.35. The molecular weight excluding hydrogens is 540 g/mol. The zero-order chi connectivity index (χ0) is 28.0. The van der Waals surface area contributed by atoms with E-state index in [0.717, 1.165) is 46.8 Å². The number of nitrogens with zero attached hydrogens (tertiary/aromatic N) is 5. The molecule has 12 heteroatoms. The first-order valence-electron chi connectivity index (χ1n) is 13.1. The van der Waals surface area contributed by atoms with Crippen LogP contribution in [0.5, 0.6) is 0 Å². The third-order valence-corrected chi connectivity index (χ3v) is 7.85. The highest BCUT2D eigenvalue weighted by atomic mass is 35.5. The van der Waals surface area contributed by atoms with Crippen LogP contribution in [0.4, 0.5) is 8.78 Å². The number of aromatic nitrogens is 6. The normalized spacial score (nSPS) is 17.6. The van der Waals surface area contributed by atoms with Gasteiger partial charge in [-0.3, -0.25) is 19.4 Å². The summed E-state index contributed by atoms with van der Waals surface area (Å²) in [6.45, 7) is 2.42. The molecule has 9 nitrogen and oxygen atoms in total. The minimum Gasteiger partial charge on any atom is -0.349 e. The topological polar surface area (TPSA) is 110 Å². The van der Waals surface area contributed by atoms with Crippen LogP contribution in [-0.4, -0.2) is 41.2 Å². The number of imidazole rings is 1. The van der Waals surface area contributed by atoms with Crippen molar-refractivity contribution in [3.05, 3.63) is 81.3 Å². The standard InChI is InChI=1S/C28H26ClF2N7O2/c1-15-20-12-19(8-9-22(20)36-35-15)38-26-23(3-2-10-32-26)37(28(38)40)14-16-4-6-18(7-5-16)34-27(39)21-11-17(29)13-33-24(21)25(30)31/h2-3,8-13,16,18,25H,4-7,14H2,1H3,(H,34,39)(H,35,36)/t16-,18-. The van der Waals surface area contributed by atoms with Gasteiger partial charge in [-0.25, -0.2) is 23.1 Å². The molecule has 0 saturated heterocycles. The minimum atomic E-state index is -2.88. The van der Waals surface area contributed by atoms with Crippen LogP contribution in [0.1, 0.15) is 53.9 Å². The molecule has 4 aromatic heterocycles. The zero-order valence-corrected chi connectivity index (χ0v) is 22.3. The lowest BCUT2D eigenvalue weighted by Crippen LogP contribution is -2.39. The first-order valence-corrected chi connectivity index (χ1v) is 13.4. The largest absolute Gasteiger partial charge is 0.349 e. The van der Waals surface area contributed by atoms with E-state index >= 15 is 0 Å². The number of alkyl halides is 2. The van der Waals surface area contributed by atoms with E-state index in [1.807, 2.05) is 37.3 Å². The molecule has 1 aromatic carbocycles. The summed E-state index contributed by atoms with van der Waals surface area (Å²) in [6, 6.07) is 10.5. The molecule has 2 N–H and O–H groups in total. The maximum absolute atomic E-state index is 13.7. The molecule has 1 amide bonds. The average molecular weight is 566 g/mol. The van der Waals surface area contributed by atoms with Gasteiger partial charge in [0.15, 0.2) is 5.65 Å². The van der Waals surface area contributed by atoms with E-state index in [-0.39, 0.29) is 28.2 Å². The van der Waals surface area contributed by atoms with Gasteiger partial charge < -0.3 is 5.32 Å². The van der Waals surface area contributed by atoms with Crippen LogP contribution in [-0.2, 0) is 6.54 Å². The number of hydrogen-bond donors (Lipinski definition) is 2. The number of rotatable bonds is 6. The van der Waals surface area contributed by atoms with Crippen LogP contribution in [0, 0.1) is 12.8 Å². The third-order valence-electron chi connectivity index (χ3n) is 7.65. The number of halogens is 3. The van der Waals surface area contributed by atoms with Crippen molar-refractivity contribution in [1.82, 2.24) is 34.6 Å². The first kappa shape index (κ1) is 26.1. The summed E-state index contributed by atoms with van der Waals surface area (Å²) in [5.41, 5.74) is 2.84. The fourth-order valence-electron chi connectivity index (χ4n) is 5.58. The number of aryl methyl sites for hydroxylation is 1. The van der Waals surface area contributed by atoms with E-state index in [1.54, 1.807) is 15.3 Å². The monoisotopic (exact) mass is 565 g/mol. The summed E-state index contributed by atoms with van der Waals surface area (Å²) in [5.74, 6) is -0.405. The van der Waals surface area contributed by atoms with E-state index in [9.17, 15) is 18.4 Å². The van der Waals surface area contributed by atoms with E-state index in [2.05, 4.69) is 25.5 Å². The Kier molecular flexibility index (Phi) is 6.83. The number of carbonyl (C=O) groups is 1. The molecule has 1 fully saturated rings. The van der Waals surface area contributed by atoms with Gasteiger partial charge in [0.25, 0.3) is 12.3 Å². The van der Waals surface area contributed by atoms with Crippen LogP contribution >= 0.6 is 11.6 Å². The summed E-state index contributed by atoms with van der Waals surface area (Å²) in [6.07, 6.45) is 2.75. The predicted molar refractivity (Wildman–Crippen MR) is 147 cm³/mol. The fourth-order valence-corrected chi connectivity index (χ4v) is 5.74. The highest BCUT2D eigenvalue weighted by Gasteiger charge is 2.27.